The van der Waals surface area contributed by atoms with E-state index in [4.69, 9.17) is 9.84 Å². The summed E-state index contributed by atoms with van der Waals surface area (Å²) in [5, 5.41) is 28.4. The molecule has 1 atom stereocenters. The van der Waals surface area contributed by atoms with E-state index in [0.717, 1.165) is 31.7 Å². The first-order valence-corrected chi connectivity index (χ1v) is 8.76. The molecule has 1 aromatic carbocycles. The molecule has 0 saturated carbocycles. The van der Waals surface area contributed by atoms with Gasteiger partial charge in [0.15, 0.2) is 0 Å². The van der Waals surface area contributed by atoms with Gasteiger partial charge in [0.25, 0.3) is 0 Å². The maximum absolute atomic E-state index is 11.2. The summed E-state index contributed by atoms with van der Waals surface area (Å²) in [6.45, 7) is 2.09. The third-order valence-corrected chi connectivity index (χ3v) is 4.36. The van der Waals surface area contributed by atoms with Gasteiger partial charge in [0.1, 0.15) is 17.1 Å². The number of benzene rings is 1. The molecule has 0 radical (unpaired) electrons. The minimum absolute atomic E-state index is 0.0972. The normalized spacial score (nSPS) is 12.2. The number of carbonyl (C=O) groups is 1. The van der Waals surface area contributed by atoms with Crippen molar-refractivity contribution in [2.24, 2.45) is 0 Å². The molecule has 5 nitrogen and oxygen atoms in total. The zero-order chi connectivity index (χ0) is 17.9. The highest BCUT2D eigenvalue weighted by Crippen LogP contribution is 2.28. The van der Waals surface area contributed by atoms with Crippen LogP contribution in [0, 0.1) is 0 Å². The second kappa shape index (κ2) is 10.9. The number of phenols is 2. The standard InChI is InChI=1S/C19H30O5/c1-14(24-2)10-8-6-4-3-5-7-9-11-15-12-16(20)13-17(21)18(15)19(22)23/h12-14,20-21H,3-11H2,1-2H3,(H,22,23). The smallest absolute Gasteiger partial charge is 0.339 e. The molecule has 0 amide bonds. The highest BCUT2D eigenvalue weighted by molar-refractivity contribution is 5.92. The Morgan fingerprint density at radius 3 is 2.21 bits per heavy atom. The molecule has 1 rings (SSSR count). The molecule has 1 aromatic rings. The zero-order valence-electron chi connectivity index (χ0n) is 14.8. The molecule has 24 heavy (non-hydrogen) atoms. The average Bonchev–Trinajstić information content (AvgIpc) is 2.51. The van der Waals surface area contributed by atoms with E-state index in [0.29, 0.717) is 18.1 Å². The first-order chi connectivity index (χ1) is 11.5. The maximum Gasteiger partial charge on any atom is 0.339 e. The van der Waals surface area contributed by atoms with Gasteiger partial charge in [-0.15, -0.1) is 0 Å². The van der Waals surface area contributed by atoms with Crippen molar-refractivity contribution >= 4 is 5.97 Å². The number of aryl methyl sites for hydroxylation is 1. The summed E-state index contributed by atoms with van der Waals surface area (Å²) < 4.78 is 5.22. The van der Waals surface area contributed by atoms with Crippen LogP contribution in [0.2, 0.25) is 0 Å². The van der Waals surface area contributed by atoms with Crippen LogP contribution in [0.3, 0.4) is 0 Å². The molecule has 3 N–H and O–H groups in total. The van der Waals surface area contributed by atoms with Gasteiger partial charge in [-0.25, -0.2) is 4.79 Å². The van der Waals surface area contributed by atoms with Gasteiger partial charge in [0.2, 0.25) is 0 Å². The Balaban J connectivity index is 2.23. The highest BCUT2D eigenvalue weighted by Gasteiger charge is 2.16. The summed E-state index contributed by atoms with van der Waals surface area (Å²) in [7, 11) is 1.74. The van der Waals surface area contributed by atoms with Gasteiger partial charge in [-0.2, -0.15) is 0 Å². The van der Waals surface area contributed by atoms with Crippen molar-refractivity contribution < 1.29 is 24.9 Å². The number of phenolic OH excluding ortho intramolecular Hbond substituents is 1. The van der Waals surface area contributed by atoms with Gasteiger partial charge < -0.3 is 20.1 Å². The van der Waals surface area contributed by atoms with Crippen LogP contribution in [0.15, 0.2) is 12.1 Å². The monoisotopic (exact) mass is 338 g/mol. The van der Waals surface area contributed by atoms with Crippen LogP contribution < -0.4 is 0 Å². The number of aromatic hydroxyl groups is 2. The summed E-state index contributed by atoms with van der Waals surface area (Å²) in [5.74, 6) is -1.63. The van der Waals surface area contributed by atoms with Crippen molar-refractivity contribution in [2.75, 3.05) is 7.11 Å². The fraction of sp³-hybridized carbons (Fsp3) is 0.632. The van der Waals surface area contributed by atoms with E-state index in [9.17, 15) is 15.0 Å². The topological polar surface area (TPSA) is 87.0 Å². The lowest BCUT2D eigenvalue weighted by Crippen LogP contribution is -2.03. The molecular formula is C19H30O5. The Morgan fingerprint density at radius 2 is 1.62 bits per heavy atom. The van der Waals surface area contributed by atoms with Crippen molar-refractivity contribution in [3.8, 4) is 11.5 Å². The minimum Gasteiger partial charge on any atom is -0.508 e. The molecule has 0 heterocycles. The van der Waals surface area contributed by atoms with Crippen LogP contribution in [0.25, 0.3) is 0 Å². The summed E-state index contributed by atoms with van der Waals surface area (Å²) in [5.41, 5.74) is 0.397. The van der Waals surface area contributed by atoms with Crippen molar-refractivity contribution in [2.45, 2.75) is 70.8 Å². The number of hydrogen-bond acceptors (Lipinski definition) is 4. The minimum atomic E-state index is -1.16. The van der Waals surface area contributed by atoms with Crippen LogP contribution in [-0.4, -0.2) is 34.5 Å². The van der Waals surface area contributed by atoms with E-state index in [1.165, 1.54) is 31.7 Å². The van der Waals surface area contributed by atoms with Crippen LogP contribution >= 0.6 is 0 Å². The Kier molecular flexibility index (Phi) is 9.23. The van der Waals surface area contributed by atoms with E-state index in [-0.39, 0.29) is 17.1 Å². The number of methoxy groups -OCH3 is 1. The lowest BCUT2D eigenvalue weighted by atomic mass is 9.99. The molecule has 0 aromatic heterocycles. The molecule has 0 aliphatic heterocycles. The number of unbranched alkanes of at least 4 members (excludes halogenated alkanes) is 6. The molecule has 1 unspecified atom stereocenters. The summed E-state index contributed by atoms with van der Waals surface area (Å²) in [6, 6.07) is 2.50. The third-order valence-electron chi connectivity index (χ3n) is 4.36. The lowest BCUT2D eigenvalue weighted by molar-refractivity contribution is 0.0692. The lowest BCUT2D eigenvalue weighted by Gasteiger charge is -2.09. The van der Waals surface area contributed by atoms with Gasteiger partial charge in [0, 0.05) is 13.2 Å². The SMILES string of the molecule is COC(C)CCCCCCCCCc1cc(O)cc(O)c1C(=O)O. The van der Waals surface area contributed by atoms with Crippen molar-refractivity contribution in [1.82, 2.24) is 0 Å². The number of aromatic carboxylic acids is 1. The maximum atomic E-state index is 11.2. The van der Waals surface area contributed by atoms with Crippen molar-refractivity contribution in [1.29, 1.82) is 0 Å². The molecule has 0 saturated heterocycles. The first-order valence-electron chi connectivity index (χ1n) is 8.76. The van der Waals surface area contributed by atoms with Crippen molar-refractivity contribution in [3.05, 3.63) is 23.3 Å². The fourth-order valence-electron chi connectivity index (χ4n) is 2.86. The number of carboxylic acids is 1. The Hall–Kier alpha value is -1.75. The summed E-state index contributed by atoms with van der Waals surface area (Å²) in [4.78, 5) is 11.2. The number of carboxylic acid groups (broad SMARTS) is 1. The Labute approximate surface area is 144 Å². The van der Waals surface area contributed by atoms with E-state index in [1.807, 2.05) is 0 Å². The van der Waals surface area contributed by atoms with Gasteiger partial charge >= 0.3 is 5.97 Å². The number of ether oxygens (including phenoxy) is 1. The van der Waals surface area contributed by atoms with Gasteiger partial charge in [-0.3, -0.25) is 0 Å². The van der Waals surface area contributed by atoms with E-state index in [2.05, 4.69) is 6.92 Å². The van der Waals surface area contributed by atoms with Crippen LogP contribution in [0.4, 0.5) is 0 Å². The summed E-state index contributed by atoms with van der Waals surface area (Å²) >= 11 is 0. The van der Waals surface area contributed by atoms with E-state index >= 15 is 0 Å². The fourth-order valence-corrected chi connectivity index (χ4v) is 2.86. The highest BCUT2D eigenvalue weighted by atomic mass is 16.5. The predicted octanol–water partition coefficient (Wildman–Crippen LogP) is 4.49. The Morgan fingerprint density at radius 1 is 1.04 bits per heavy atom. The quantitative estimate of drug-likeness (QED) is 0.489. The molecule has 136 valence electrons. The molecule has 0 aliphatic carbocycles. The van der Waals surface area contributed by atoms with Crippen LogP contribution in [0.5, 0.6) is 11.5 Å². The molecule has 5 heteroatoms. The number of rotatable bonds is 12. The third kappa shape index (κ3) is 7.21. The second-order valence-corrected chi connectivity index (χ2v) is 6.36. The second-order valence-electron chi connectivity index (χ2n) is 6.36. The van der Waals surface area contributed by atoms with Crippen LogP contribution in [0.1, 0.15) is 74.2 Å². The number of hydrogen-bond donors (Lipinski definition) is 3. The molecule has 0 fully saturated rings. The zero-order valence-corrected chi connectivity index (χ0v) is 14.8. The predicted molar refractivity (Wildman–Crippen MR) is 93.8 cm³/mol. The van der Waals surface area contributed by atoms with Gasteiger partial charge in [0.05, 0.1) is 6.10 Å². The molecule has 0 aliphatic rings. The molecule has 0 bridgehead atoms. The van der Waals surface area contributed by atoms with Crippen LogP contribution in [-0.2, 0) is 11.2 Å². The average molecular weight is 338 g/mol. The largest absolute Gasteiger partial charge is 0.508 e. The van der Waals surface area contributed by atoms with Crippen molar-refractivity contribution in [3.63, 3.8) is 0 Å². The van der Waals surface area contributed by atoms with Gasteiger partial charge in [-0.1, -0.05) is 38.5 Å². The summed E-state index contributed by atoms with van der Waals surface area (Å²) in [6.07, 6.45) is 9.79. The van der Waals surface area contributed by atoms with E-state index in [1.54, 1.807) is 7.11 Å². The van der Waals surface area contributed by atoms with Gasteiger partial charge in [-0.05, 0) is 37.8 Å². The van der Waals surface area contributed by atoms with E-state index < -0.39 is 5.97 Å². The first kappa shape index (κ1) is 20.3. The molecule has 0 spiro atoms. The Bertz CT molecular complexity index is 513. The molecular weight excluding hydrogens is 308 g/mol.